The minimum absolute atomic E-state index is 0.0580. The quantitative estimate of drug-likeness (QED) is 0.281. The number of hydrogen-bond donors (Lipinski definition) is 1. The van der Waals surface area contributed by atoms with Crippen LogP contribution in [0.25, 0.3) is 22.3 Å². The summed E-state index contributed by atoms with van der Waals surface area (Å²) < 4.78 is 19.3. The third-order valence-corrected chi connectivity index (χ3v) is 8.29. The van der Waals surface area contributed by atoms with Crippen LogP contribution in [0.5, 0.6) is 0 Å². The van der Waals surface area contributed by atoms with E-state index < -0.39 is 12.1 Å². The van der Waals surface area contributed by atoms with Gasteiger partial charge in [-0.2, -0.15) is 4.80 Å². The molecular formula is C32H30FN7O3. The molecule has 1 saturated carbocycles. The van der Waals surface area contributed by atoms with Gasteiger partial charge in [-0.15, -0.1) is 10.2 Å². The highest BCUT2D eigenvalue weighted by molar-refractivity contribution is 5.97. The maximum absolute atomic E-state index is 13.5. The van der Waals surface area contributed by atoms with Crippen LogP contribution in [0.2, 0.25) is 0 Å². The average molecular weight is 580 g/mol. The molecule has 1 aliphatic carbocycles. The lowest BCUT2D eigenvalue weighted by molar-refractivity contribution is -0.117. The van der Waals surface area contributed by atoms with Gasteiger partial charge in [0.2, 0.25) is 5.91 Å². The number of carbonyl (C=O) groups is 2. The highest BCUT2D eigenvalue weighted by Gasteiger charge is 2.43. The fraction of sp³-hybridized carbons (Fsp3) is 0.312. The van der Waals surface area contributed by atoms with Crippen molar-refractivity contribution in [3.8, 4) is 11.3 Å². The van der Waals surface area contributed by atoms with E-state index in [-0.39, 0.29) is 30.2 Å². The predicted molar refractivity (Wildman–Crippen MR) is 157 cm³/mol. The van der Waals surface area contributed by atoms with Crippen molar-refractivity contribution in [1.29, 1.82) is 0 Å². The van der Waals surface area contributed by atoms with E-state index >= 15 is 0 Å². The first-order valence-electron chi connectivity index (χ1n) is 14.5. The number of nitrogens with zero attached hydrogens (tertiary/aromatic N) is 6. The Kier molecular flexibility index (Phi) is 6.92. The van der Waals surface area contributed by atoms with Gasteiger partial charge in [-0.3, -0.25) is 14.6 Å². The van der Waals surface area contributed by atoms with Crippen molar-refractivity contribution >= 4 is 28.5 Å². The summed E-state index contributed by atoms with van der Waals surface area (Å²) in [5, 5.41) is 16.5. The Morgan fingerprint density at radius 1 is 1.05 bits per heavy atom. The number of rotatable bonds is 7. The molecule has 3 aromatic heterocycles. The van der Waals surface area contributed by atoms with Crippen LogP contribution >= 0.6 is 0 Å². The van der Waals surface area contributed by atoms with Crippen molar-refractivity contribution in [2.24, 2.45) is 11.8 Å². The second-order valence-corrected chi connectivity index (χ2v) is 11.3. The van der Waals surface area contributed by atoms with Gasteiger partial charge < -0.3 is 14.6 Å². The Morgan fingerprint density at radius 3 is 2.56 bits per heavy atom. The minimum atomic E-state index is -1.05. The molecule has 5 aromatic rings. The number of fused-ring (bicyclic) bond motifs is 1. The largest absolute Gasteiger partial charge is 0.456 e. The van der Waals surface area contributed by atoms with Crippen molar-refractivity contribution in [2.45, 2.75) is 38.4 Å². The first-order valence-corrected chi connectivity index (χ1v) is 14.5. The van der Waals surface area contributed by atoms with Gasteiger partial charge in [-0.05, 0) is 79.3 Å². The van der Waals surface area contributed by atoms with E-state index in [9.17, 15) is 14.0 Å². The molecule has 2 amide bonds. The maximum Gasteiger partial charge on any atom is 0.272 e. The first-order chi connectivity index (χ1) is 20.9. The van der Waals surface area contributed by atoms with Crippen LogP contribution in [0.15, 0.2) is 77.3 Å². The number of piperidine rings is 1. The zero-order valence-corrected chi connectivity index (χ0v) is 23.6. The van der Waals surface area contributed by atoms with Crippen molar-refractivity contribution in [2.75, 3.05) is 18.4 Å². The molecule has 2 fully saturated rings. The standard InChI is InChI=1S/C32H30FN7O3/c1-19-36-38-40(37-19)30(20-5-3-2-4-6-20)21-10-13-39(14-11-21)32(42)27-16-22(9-12-34-27)29-17-23-15-24(7-8-28(23)43-29)35-31(41)25-18-26(25)33/h2-9,12,15-17,21,25-26,30H,10-11,13-14,18H2,1H3,(H,35,41)/t25-,26+,30+/m1/s1. The van der Waals surface area contributed by atoms with Crippen LogP contribution in [0.1, 0.15) is 47.2 Å². The number of halogens is 1. The van der Waals surface area contributed by atoms with Gasteiger partial charge in [0.1, 0.15) is 29.3 Å². The number of nitrogens with one attached hydrogen (secondary N) is 1. The van der Waals surface area contributed by atoms with Gasteiger partial charge in [0.15, 0.2) is 5.82 Å². The molecule has 0 unspecified atom stereocenters. The molecule has 4 heterocycles. The molecule has 43 heavy (non-hydrogen) atoms. The Balaban J connectivity index is 1.05. The SMILES string of the molecule is Cc1nnn([C@@H](c2ccccc2)C2CCN(C(=O)c3cc(-c4cc5cc(NC(=O)[C@@H]6C[C@@H]6F)ccc5o4)ccn3)CC2)n1. The molecule has 7 rings (SSSR count). The highest BCUT2D eigenvalue weighted by Crippen LogP contribution is 2.36. The molecule has 0 spiro atoms. The number of alkyl halides is 1. The number of aryl methyl sites for hydroxylation is 1. The van der Waals surface area contributed by atoms with Crippen molar-refractivity contribution < 1.29 is 18.4 Å². The third kappa shape index (κ3) is 5.50. The summed E-state index contributed by atoms with van der Waals surface area (Å²) in [4.78, 5) is 33.6. The van der Waals surface area contributed by atoms with E-state index in [2.05, 4.69) is 37.8 Å². The Labute approximate surface area is 246 Å². The molecule has 2 aromatic carbocycles. The number of pyridine rings is 1. The molecule has 218 valence electrons. The van der Waals surface area contributed by atoms with Gasteiger partial charge in [-0.1, -0.05) is 30.3 Å². The van der Waals surface area contributed by atoms with Crippen LogP contribution < -0.4 is 5.32 Å². The average Bonchev–Trinajstić information content (AvgIpc) is 3.39. The number of aromatic nitrogens is 5. The highest BCUT2D eigenvalue weighted by atomic mass is 19.1. The van der Waals surface area contributed by atoms with Crippen LogP contribution in [-0.4, -0.2) is 61.2 Å². The van der Waals surface area contributed by atoms with Crippen LogP contribution in [-0.2, 0) is 4.79 Å². The Hall–Kier alpha value is -4.93. The number of likely N-dealkylation sites (tertiary alicyclic amines) is 1. The zero-order chi connectivity index (χ0) is 29.5. The number of benzene rings is 2. The summed E-state index contributed by atoms with van der Waals surface area (Å²) in [6.07, 6.45) is 2.43. The Bertz CT molecular complexity index is 1800. The maximum atomic E-state index is 13.5. The predicted octanol–water partition coefficient (Wildman–Crippen LogP) is 5.23. The normalized spacial score (nSPS) is 19.3. The summed E-state index contributed by atoms with van der Waals surface area (Å²) in [7, 11) is 0. The molecule has 1 saturated heterocycles. The van der Waals surface area contributed by atoms with Crippen molar-refractivity contribution in [1.82, 2.24) is 30.1 Å². The first kappa shape index (κ1) is 26.9. The van der Waals surface area contributed by atoms with Gasteiger partial charge >= 0.3 is 0 Å². The fourth-order valence-electron chi connectivity index (χ4n) is 5.88. The number of amides is 2. The second kappa shape index (κ2) is 11.0. The van der Waals surface area contributed by atoms with Crippen LogP contribution in [0.3, 0.4) is 0 Å². The number of furan rings is 1. The molecule has 0 radical (unpaired) electrons. The lowest BCUT2D eigenvalue weighted by Gasteiger charge is -2.35. The van der Waals surface area contributed by atoms with Gasteiger partial charge in [0, 0.05) is 35.9 Å². The molecule has 11 heteroatoms. The summed E-state index contributed by atoms with van der Waals surface area (Å²) in [5.41, 5.74) is 3.42. The fourth-order valence-corrected chi connectivity index (χ4v) is 5.88. The zero-order valence-electron chi connectivity index (χ0n) is 23.6. The lowest BCUT2D eigenvalue weighted by Crippen LogP contribution is -2.41. The molecule has 10 nitrogen and oxygen atoms in total. The van der Waals surface area contributed by atoms with E-state index in [4.69, 9.17) is 4.42 Å². The topological polar surface area (TPSA) is 119 Å². The molecular weight excluding hydrogens is 549 g/mol. The second-order valence-electron chi connectivity index (χ2n) is 11.3. The number of tetrazole rings is 1. The van der Waals surface area contributed by atoms with Crippen LogP contribution in [0.4, 0.5) is 10.1 Å². The summed E-state index contributed by atoms with van der Waals surface area (Å²) in [5.74, 6) is 0.458. The van der Waals surface area contributed by atoms with Crippen molar-refractivity contribution in [3.05, 3.63) is 90.0 Å². The smallest absolute Gasteiger partial charge is 0.272 e. The number of anilines is 1. The van der Waals surface area contributed by atoms with Gasteiger partial charge in [0.25, 0.3) is 5.91 Å². The third-order valence-electron chi connectivity index (χ3n) is 8.29. The monoisotopic (exact) mass is 579 g/mol. The molecule has 3 atom stereocenters. The van der Waals surface area contributed by atoms with E-state index in [1.165, 1.54) is 0 Å². The summed E-state index contributed by atoms with van der Waals surface area (Å²) in [6.45, 7) is 3.01. The summed E-state index contributed by atoms with van der Waals surface area (Å²) in [6, 6.07) is 20.8. The summed E-state index contributed by atoms with van der Waals surface area (Å²) >= 11 is 0. The molecule has 1 N–H and O–H groups in total. The van der Waals surface area contributed by atoms with Gasteiger partial charge in [-0.25, -0.2) is 4.39 Å². The minimum Gasteiger partial charge on any atom is -0.456 e. The lowest BCUT2D eigenvalue weighted by atomic mass is 9.85. The van der Waals surface area contributed by atoms with Crippen LogP contribution in [0, 0.1) is 18.8 Å². The van der Waals surface area contributed by atoms with Gasteiger partial charge in [0.05, 0.1) is 5.92 Å². The van der Waals surface area contributed by atoms with E-state index in [0.717, 1.165) is 29.4 Å². The molecule has 1 aliphatic heterocycles. The van der Waals surface area contributed by atoms with E-state index in [1.54, 1.807) is 41.3 Å². The Morgan fingerprint density at radius 2 is 1.84 bits per heavy atom. The van der Waals surface area contributed by atoms with E-state index in [1.807, 2.05) is 36.1 Å². The molecule has 0 bridgehead atoms. The molecule has 2 aliphatic rings. The van der Waals surface area contributed by atoms with E-state index in [0.29, 0.717) is 41.6 Å². The number of carbonyl (C=O) groups excluding carboxylic acids is 2. The van der Waals surface area contributed by atoms with Crippen molar-refractivity contribution in [3.63, 3.8) is 0 Å². The number of hydrogen-bond acceptors (Lipinski definition) is 7.